The number of benzene rings is 2. The molecule has 0 aliphatic carbocycles. The van der Waals surface area contributed by atoms with E-state index in [0.29, 0.717) is 27.3 Å². The molecule has 0 spiro atoms. The third-order valence-corrected chi connectivity index (χ3v) is 4.85. The lowest BCUT2D eigenvalue weighted by Crippen LogP contribution is -2.32. The monoisotopic (exact) mass is 387 g/mol. The maximum absolute atomic E-state index is 12.5. The van der Waals surface area contributed by atoms with E-state index >= 15 is 0 Å². The van der Waals surface area contributed by atoms with Crippen LogP contribution >= 0.6 is 22.9 Å². The van der Waals surface area contributed by atoms with E-state index in [2.05, 4.69) is 15.5 Å². The fourth-order valence-corrected chi connectivity index (χ4v) is 3.15. The molecule has 0 radical (unpaired) electrons. The SMILES string of the molecule is CC[C@@H](Oc1ccc(C)cc1)C(=O)Nc1nnc(-c2ccc(Cl)cc2)s1. The molecule has 3 aromatic rings. The Bertz CT molecular complexity index is 879. The second kappa shape index (κ2) is 8.29. The summed E-state index contributed by atoms with van der Waals surface area (Å²) in [5, 5.41) is 12.7. The molecule has 1 N–H and O–H groups in total. The Hall–Kier alpha value is -2.44. The van der Waals surface area contributed by atoms with Gasteiger partial charge in [0.05, 0.1) is 0 Å². The predicted molar refractivity (Wildman–Crippen MR) is 105 cm³/mol. The lowest BCUT2D eigenvalue weighted by atomic mass is 10.2. The van der Waals surface area contributed by atoms with Gasteiger partial charge in [-0.2, -0.15) is 0 Å². The first-order valence-electron chi connectivity index (χ1n) is 8.19. The molecule has 0 bridgehead atoms. The summed E-state index contributed by atoms with van der Waals surface area (Å²) in [6.45, 7) is 3.90. The minimum atomic E-state index is -0.597. The van der Waals surface area contributed by atoms with Crippen molar-refractivity contribution in [3.05, 3.63) is 59.1 Å². The molecule has 0 saturated carbocycles. The first kappa shape index (κ1) is 18.4. The van der Waals surface area contributed by atoms with Crippen LogP contribution in [0.4, 0.5) is 5.13 Å². The van der Waals surface area contributed by atoms with Crippen molar-refractivity contribution in [1.29, 1.82) is 0 Å². The number of hydrogen-bond acceptors (Lipinski definition) is 5. The van der Waals surface area contributed by atoms with Gasteiger partial charge >= 0.3 is 0 Å². The molecule has 5 nitrogen and oxygen atoms in total. The molecule has 1 heterocycles. The van der Waals surface area contributed by atoms with Crippen LogP contribution in [0.5, 0.6) is 5.75 Å². The number of amides is 1. The fourth-order valence-electron chi connectivity index (χ4n) is 2.27. The highest BCUT2D eigenvalue weighted by Gasteiger charge is 2.20. The van der Waals surface area contributed by atoms with Gasteiger partial charge in [-0.05, 0) is 37.6 Å². The summed E-state index contributed by atoms with van der Waals surface area (Å²) in [7, 11) is 0. The second-order valence-electron chi connectivity index (χ2n) is 5.74. The van der Waals surface area contributed by atoms with Gasteiger partial charge in [0.2, 0.25) is 5.13 Å². The maximum Gasteiger partial charge on any atom is 0.267 e. The van der Waals surface area contributed by atoms with Crippen molar-refractivity contribution in [2.75, 3.05) is 5.32 Å². The van der Waals surface area contributed by atoms with E-state index in [-0.39, 0.29) is 5.91 Å². The normalized spacial score (nSPS) is 11.8. The number of carbonyl (C=O) groups excluding carboxylic acids is 1. The number of nitrogens with zero attached hydrogens (tertiary/aromatic N) is 2. The van der Waals surface area contributed by atoms with E-state index in [1.165, 1.54) is 11.3 Å². The number of halogens is 1. The van der Waals surface area contributed by atoms with Crippen LogP contribution < -0.4 is 10.1 Å². The van der Waals surface area contributed by atoms with Crippen molar-refractivity contribution in [3.63, 3.8) is 0 Å². The number of carbonyl (C=O) groups is 1. The highest BCUT2D eigenvalue weighted by Crippen LogP contribution is 2.27. The zero-order valence-corrected chi connectivity index (χ0v) is 16.0. The standard InChI is InChI=1S/C19H18ClN3O2S/c1-3-16(25-15-10-4-12(2)5-11-15)17(24)21-19-23-22-18(26-19)13-6-8-14(20)9-7-13/h4-11,16H,3H2,1-2H3,(H,21,23,24)/t16-/m1/s1. The summed E-state index contributed by atoms with van der Waals surface area (Å²) < 4.78 is 5.79. The summed E-state index contributed by atoms with van der Waals surface area (Å²) in [4.78, 5) is 12.5. The second-order valence-corrected chi connectivity index (χ2v) is 7.15. The maximum atomic E-state index is 12.5. The molecule has 0 aliphatic rings. The van der Waals surface area contributed by atoms with Crippen LogP contribution in [-0.4, -0.2) is 22.2 Å². The lowest BCUT2D eigenvalue weighted by molar-refractivity contribution is -0.122. The number of aryl methyl sites for hydroxylation is 1. The Morgan fingerprint density at radius 1 is 1.15 bits per heavy atom. The van der Waals surface area contributed by atoms with Gasteiger partial charge in [0, 0.05) is 10.6 Å². The molecular formula is C19H18ClN3O2S. The number of ether oxygens (including phenoxy) is 1. The van der Waals surface area contributed by atoms with Crippen molar-refractivity contribution in [1.82, 2.24) is 10.2 Å². The quantitative estimate of drug-likeness (QED) is 0.649. The molecule has 0 fully saturated rings. The summed E-state index contributed by atoms with van der Waals surface area (Å²) in [6.07, 6.45) is -0.0525. The van der Waals surface area contributed by atoms with Gasteiger partial charge in [-0.3, -0.25) is 10.1 Å². The van der Waals surface area contributed by atoms with Crippen molar-refractivity contribution < 1.29 is 9.53 Å². The van der Waals surface area contributed by atoms with Gasteiger partial charge in [-0.25, -0.2) is 0 Å². The number of aromatic nitrogens is 2. The highest BCUT2D eigenvalue weighted by atomic mass is 35.5. The van der Waals surface area contributed by atoms with Crippen LogP contribution in [0.2, 0.25) is 5.02 Å². The molecular weight excluding hydrogens is 370 g/mol. The lowest BCUT2D eigenvalue weighted by Gasteiger charge is -2.16. The zero-order chi connectivity index (χ0) is 18.5. The first-order chi connectivity index (χ1) is 12.5. The topological polar surface area (TPSA) is 64.1 Å². The molecule has 2 aromatic carbocycles. The van der Waals surface area contributed by atoms with E-state index in [0.717, 1.165) is 11.1 Å². The summed E-state index contributed by atoms with van der Waals surface area (Å²) in [6, 6.07) is 14.9. The number of anilines is 1. The Morgan fingerprint density at radius 2 is 1.85 bits per heavy atom. The van der Waals surface area contributed by atoms with Gasteiger partial charge in [0.1, 0.15) is 10.8 Å². The van der Waals surface area contributed by atoms with Crippen LogP contribution in [0.1, 0.15) is 18.9 Å². The smallest absolute Gasteiger partial charge is 0.267 e. The van der Waals surface area contributed by atoms with Crippen LogP contribution in [0.15, 0.2) is 48.5 Å². The van der Waals surface area contributed by atoms with Crippen molar-refractivity contribution >= 4 is 34.0 Å². The van der Waals surface area contributed by atoms with Crippen molar-refractivity contribution in [3.8, 4) is 16.3 Å². The minimum absolute atomic E-state index is 0.244. The van der Waals surface area contributed by atoms with Crippen molar-refractivity contribution in [2.24, 2.45) is 0 Å². The first-order valence-corrected chi connectivity index (χ1v) is 9.38. The summed E-state index contributed by atoms with van der Waals surface area (Å²) >= 11 is 7.20. The minimum Gasteiger partial charge on any atom is -0.481 e. The zero-order valence-electron chi connectivity index (χ0n) is 14.4. The van der Waals surface area contributed by atoms with Crippen LogP contribution in [0.3, 0.4) is 0 Å². The predicted octanol–water partition coefficient (Wildman–Crippen LogP) is 4.96. The molecule has 1 amide bonds. The van der Waals surface area contributed by atoms with Gasteiger partial charge in [-0.1, -0.05) is 59.7 Å². The van der Waals surface area contributed by atoms with Crippen LogP contribution in [0, 0.1) is 6.92 Å². The van der Waals surface area contributed by atoms with Gasteiger partial charge < -0.3 is 4.74 Å². The number of nitrogens with one attached hydrogen (secondary N) is 1. The third kappa shape index (κ3) is 4.59. The number of hydrogen-bond donors (Lipinski definition) is 1. The molecule has 0 saturated heterocycles. The van der Waals surface area contributed by atoms with E-state index in [4.69, 9.17) is 16.3 Å². The summed E-state index contributed by atoms with van der Waals surface area (Å²) in [5.41, 5.74) is 2.04. The Morgan fingerprint density at radius 3 is 2.50 bits per heavy atom. The third-order valence-electron chi connectivity index (χ3n) is 3.71. The molecule has 134 valence electrons. The van der Waals surface area contributed by atoms with Gasteiger partial charge in [0.15, 0.2) is 6.10 Å². The van der Waals surface area contributed by atoms with Gasteiger partial charge in [0.25, 0.3) is 5.91 Å². The largest absolute Gasteiger partial charge is 0.481 e. The average Bonchev–Trinajstić information content (AvgIpc) is 3.10. The van der Waals surface area contributed by atoms with Crippen molar-refractivity contribution in [2.45, 2.75) is 26.4 Å². The van der Waals surface area contributed by atoms with Crippen LogP contribution in [0.25, 0.3) is 10.6 Å². The highest BCUT2D eigenvalue weighted by molar-refractivity contribution is 7.18. The molecule has 26 heavy (non-hydrogen) atoms. The van der Waals surface area contributed by atoms with Gasteiger partial charge in [-0.15, -0.1) is 10.2 Å². The molecule has 1 atom stereocenters. The Kier molecular flexibility index (Phi) is 5.85. The van der Waals surface area contributed by atoms with E-state index in [1.807, 2.05) is 50.2 Å². The fraction of sp³-hybridized carbons (Fsp3) is 0.211. The molecule has 7 heteroatoms. The van der Waals surface area contributed by atoms with Crippen LogP contribution in [-0.2, 0) is 4.79 Å². The van der Waals surface area contributed by atoms with E-state index in [9.17, 15) is 4.79 Å². The molecule has 0 unspecified atom stereocenters. The molecule has 0 aliphatic heterocycles. The molecule has 1 aromatic heterocycles. The Labute approximate surface area is 161 Å². The van der Waals surface area contributed by atoms with E-state index in [1.54, 1.807) is 12.1 Å². The summed E-state index contributed by atoms with van der Waals surface area (Å²) in [5.74, 6) is 0.420. The molecule has 3 rings (SSSR count). The van der Waals surface area contributed by atoms with E-state index < -0.39 is 6.10 Å². The Balaban J connectivity index is 1.66. The average molecular weight is 388 g/mol. The number of rotatable bonds is 6.